The van der Waals surface area contributed by atoms with Crippen molar-refractivity contribution in [2.24, 2.45) is 5.92 Å². The van der Waals surface area contributed by atoms with Crippen LogP contribution in [0.15, 0.2) is 18.2 Å². The molecule has 1 fully saturated rings. The molecule has 100 valence electrons. The first-order valence-corrected chi connectivity index (χ1v) is 6.49. The number of carbonyl (C=O) groups is 2. The largest absolute Gasteiger partial charge is 0.489 e. The first-order chi connectivity index (χ1) is 9.18. The third-order valence-electron chi connectivity index (χ3n) is 3.80. The fourth-order valence-electron chi connectivity index (χ4n) is 2.52. The second kappa shape index (κ2) is 4.57. The van der Waals surface area contributed by atoms with Gasteiger partial charge in [0.1, 0.15) is 12.2 Å². The Morgan fingerprint density at radius 3 is 2.74 bits per heavy atom. The van der Waals surface area contributed by atoms with Crippen LogP contribution in [0.1, 0.15) is 29.6 Å². The molecular formula is C14H15NO4. The van der Waals surface area contributed by atoms with Crippen LogP contribution >= 0.6 is 0 Å². The monoisotopic (exact) mass is 261 g/mol. The van der Waals surface area contributed by atoms with Gasteiger partial charge in [0, 0.05) is 5.92 Å². The summed E-state index contributed by atoms with van der Waals surface area (Å²) in [7, 11) is 0. The third-order valence-corrected chi connectivity index (χ3v) is 3.80. The number of aromatic carboxylic acids is 1. The molecule has 0 atom stereocenters. The highest BCUT2D eigenvalue weighted by atomic mass is 16.5. The van der Waals surface area contributed by atoms with Gasteiger partial charge < -0.3 is 14.7 Å². The molecule has 1 amide bonds. The molecule has 1 heterocycles. The number of para-hydroxylation sites is 1. The minimum atomic E-state index is -1.03. The number of hydrogen-bond acceptors (Lipinski definition) is 3. The van der Waals surface area contributed by atoms with Crippen LogP contribution in [-0.4, -0.2) is 30.1 Å². The molecule has 0 spiro atoms. The third kappa shape index (κ3) is 1.95. The Morgan fingerprint density at radius 1 is 1.32 bits per heavy atom. The molecule has 0 saturated heterocycles. The van der Waals surface area contributed by atoms with E-state index in [1.807, 2.05) is 0 Å². The lowest BCUT2D eigenvalue weighted by Gasteiger charge is -2.35. The number of anilines is 1. The molecule has 1 aromatic rings. The first kappa shape index (κ1) is 12.0. The Hall–Kier alpha value is -2.04. The van der Waals surface area contributed by atoms with Crippen molar-refractivity contribution in [2.75, 3.05) is 18.1 Å². The van der Waals surface area contributed by atoms with Gasteiger partial charge in [-0.1, -0.05) is 12.5 Å². The summed E-state index contributed by atoms with van der Waals surface area (Å²) >= 11 is 0. The van der Waals surface area contributed by atoms with Crippen molar-refractivity contribution in [1.29, 1.82) is 0 Å². The molecule has 3 rings (SSSR count). The molecule has 19 heavy (non-hydrogen) atoms. The fraction of sp³-hybridized carbons (Fsp3) is 0.429. The number of ether oxygens (including phenoxy) is 1. The van der Waals surface area contributed by atoms with Crippen LogP contribution in [0.25, 0.3) is 0 Å². The van der Waals surface area contributed by atoms with Gasteiger partial charge in [-0.25, -0.2) is 4.79 Å². The molecule has 0 bridgehead atoms. The van der Waals surface area contributed by atoms with Gasteiger partial charge in [-0.05, 0) is 25.0 Å². The van der Waals surface area contributed by atoms with Crippen molar-refractivity contribution >= 4 is 17.6 Å². The normalized spacial score (nSPS) is 18.2. The summed E-state index contributed by atoms with van der Waals surface area (Å²) in [5.74, 6) is -0.526. The van der Waals surface area contributed by atoms with Crippen molar-refractivity contribution in [2.45, 2.75) is 19.3 Å². The summed E-state index contributed by atoms with van der Waals surface area (Å²) < 4.78 is 5.45. The Morgan fingerprint density at radius 2 is 2.11 bits per heavy atom. The van der Waals surface area contributed by atoms with Crippen LogP contribution in [0.4, 0.5) is 5.69 Å². The van der Waals surface area contributed by atoms with Gasteiger partial charge >= 0.3 is 5.97 Å². The maximum Gasteiger partial charge on any atom is 0.339 e. The van der Waals surface area contributed by atoms with Crippen LogP contribution in [-0.2, 0) is 4.79 Å². The van der Waals surface area contributed by atoms with Gasteiger partial charge in [-0.2, -0.15) is 0 Å². The van der Waals surface area contributed by atoms with Crippen LogP contribution in [0.2, 0.25) is 0 Å². The maximum atomic E-state index is 12.3. The van der Waals surface area contributed by atoms with E-state index in [4.69, 9.17) is 9.84 Å². The molecule has 0 radical (unpaired) electrons. The van der Waals surface area contributed by atoms with E-state index in [-0.39, 0.29) is 17.4 Å². The standard InChI is InChI=1S/C14H15NO4/c16-13(9-3-1-4-9)15-7-8-19-12-10(14(17)18)5-2-6-11(12)15/h2,5-6,9H,1,3-4,7-8H2,(H,17,18). The highest BCUT2D eigenvalue weighted by Crippen LogP contribution is 2.38. The van der Waals surface area contributed by atoms with Crippen molar-refractivity contribution in [3.8, 4) is 5.75 Å². The minimum Gasteiger partial charge on any atom is -0.489 e. The molecule has 2 aliphatic rings. The molecule has 1 aromatic carbocycles. The van der Waals surface area contributed by atoms with E-state index < -0.39 is 5.97 Å². The lowest BCUT2D eigenvalue weighted by molar-refractivity contribution is -0.125. The Bertz CT molecular complexity index is 536. The van der Waals surface area contributed by atoms with Gasteiger partial charge in [-0.15, -0.1) is 0 Å². The second-order valence-corrected chi connectivity index (χ2v) is 4.93. The van der Waals surface area contributed by atoms with Crippen LogP contribution < -0.4 is 9.64 Å². The van der Waals surface area contributed by atoms with Crippen LogP contribution in [0.3, 0.4) is 0 Å². The lowest BCUT2D eigenvalue weighted by atomic mass is 9.84. The Labute approximate surface area is 110 Å². The predicted molar refractivity (Wildman–Crippen MR) is 68.6 cm³/mol. The molecule has 5 nitrogen and oxygen atoms in total. The van der Waals surface area contributed by atoms with Gasteiger partial charge in [0.05, 0.1) is 12.2 Å². The molecule has 0 aromatic heterocycles. The number of nitrogens with zero attached hydrogens (tertiary/aromatic N) is 1. The maximum absolute atomic E-state index is 12.3. The van der Waals surface area contributed by atoms with E-state index in [0.717, 1.165) is 19.3 Å². The van der Waals surface area contributed by atoms with E-state index >= 15 is 0 Å². The predicted octanol–water partition coefficient (Wildman–Crippen LogP) is 1.91. The molecule has 5 heteroatoms. The quantitative estimate of drug-likeness (QED) is 0.883. The van der Waals surface area contributed by atoms with Crippen molar-refractivity contribution in [3.05, 3.63) is 23.8 Å². The highest BCUT2D eigenvalue weighted by Gasteiger charge is 2.34. The van der Waals surface area contributed by atoms with Crippen molar-refractivity contribution in [1.82, 2.24) is 0 Å². The first-order valence-electron chi connectivity index (χ1n) is 6.49. The van der Waals surface area contributed by atoms with E-state index in [0.29, 0.717) is 24.6 Å². The number of fused-ring (bicyclic) bond motifs is 1. The SMILES string of the molecule is O=C(O)c1cccc2c1OCCN2C(=O)C1CCC1. The second-order valence-electron chi connectivity index (χ2n) is 4.93. The van der Waals surface area contributed by atoms with Crippen LogP contribution in [0.5, 0.6) is 5.75 Å². The smallest absolute Gasteiger partial charge is 0.339 e. The number of benzene rings is 1. The van der Waals surface area contributed by atoms with Crippen molar-refractivity contribution in [3.63, 3.8) is 0 Å². The number of rotatable bonds is 2. The summed E-state index contributed by atoms with van der Waals surface area (Å²) in [5, 5.41) is 9.15. The number of carboxylic acid groups (broad SMARTS) is 1. The molecule has 1 aliphatic carbocycles. The number of hydrogen-bond donors (Lipinski definition) is 1. The average Bonchev–Trinajstić information content (AvgIpc) is 2.35. The highest BCUT2D eigenvalue weighted by molar-refractivity contribution is 6.01. The van der Waals surface area contributed by atoms with Gasteiger partial charge in [0.25, 0.3) is 0 Å². The molecular weight excluding hydrogens is 246 g/mol. The summed E-state index contributed by atoms with van der Waals surface area (Å²) in [4.78, 5) is 25.2. The fourth-order valence-corrected chi connectivity index (χ4v) is 2.52. The minimum absolute atomic E-state index is 0.0957. The zero-order valence-corrected chi connectivity index (χ0v) is 10.5. The van der Waals surface area contributed by atoms with E-state index in [9.17, 15) is 9.59 Å². The summed E-state index contributed by atoms with van der Waals surface area (Å²) in [6.07, 6.45) is 2.97. The summed E-state index contributed by atoms with van der Waals surface area (Å²) in [6.45, 7) is 0.834. The van der Waals surface area contributed by atoms with Crippen molar-refractivity contribution < 1.29 is 19.4 Å². The van der Waals surface area contributed by atoms with Crippen LogP contribution in [0, 0.1) is 5.92 Å². The Kier molecular flexibility index (Phi) is 2.89. The zero-order valence-electron chi connectivity index (χ0n) is 10.5. The molecule has 1 aliphatic heterocycles. The molecule has 0 unspecified atom stereocenters. The van der Waals surface area contributed by atoms with Gasteiger partial charge in [0.2, 0.25) is 5.91 Å². The summed E-state index contributed by atoms with van der Waals surface area (Å²) in [5.41, 5.74) is 0.701. The van der Waals surface area contributed by atoms with Gasteiger partial charge in [0.15, 0.2) is 5.75 Å². The number of amides is 1. The summed E-state index contributed by atoms with van der Waals surface area (Å²) in [6, 6.07) is 4.90. The molecule has 1 saturated carbocycles. The van der Waals surface area contributed by atoms with Gasteiger partial charge in [-0.3, -0.25) is 4.79 Å². The Balaban J connectivity index is 1.97. The number of carbonyl (C=O) groups excluding carboxylic acids is 1. The molecule has 1 N–H and O–H groups in total. The lowest BCUT2D eigenvalue weighted by Crippen LogP contribution is -2.43. The van der Waals surface area contributed by atoms with E-state index in [2.05, 4.69) is 0 Å². The topological polar surface area (TPSA) is 66.8 Å². The zero-order chi connectivity index (χ0) is 13.4. The van der Waals surface area contributed by atoms with E-state index in [1.165, 1.54) is 6.07 Å². The van der Waals surface area contributed by atoms with E-state index in [1.54, 1.807) is 17.0 Å². The number of carboxylic acids is 1. The average molecular weight is 261 g/mol.